The van der Waals surface area contributed by atoms with Crippen molar-refractivity contribution in [1.29, 1.82) is 0 Å². The number of nitrogens with zero attached hydrogens (tertiary/aromatic N) is 3. The van der Waals surface area contributed by atoms with E-state index in [9.17, 15) is 18.0 Å². The van der Waals surface area contributed by atoms with E-state index in [1.165, 1.54) is 40.5 Å². The highest BCUT2D eigenvalue weighted by Crippen LogP contribution is 2.27. The average molecular weight is 383 g/mol. The fourth-order valence-electron chi connectivity index (χ4n) is 2.13. The smallest absolute Gasteiger partial charge is 0.422 e. The van der Waals surface area contributed by atoms with Crippen LogP contribution >= 0.6 is 11.3 Å². The Kier molecular flexibility index (Phi) is 4.94. The van der Waals surface area contributed by atoms with Crippen LogP contribution in [-0.2, 0) is 6.54 Å². The Morgan fingerprint density at radius 3 is 2.85 bits per heavy atom. The number of benzene rings is 1. The van der Waals surface area contributed by atoms with Crippen LogP contribution in [0.15, 0.2) is 42.0 Å². The third-order valence-corrected chi connectivity index (χ3v) is 4.10. The van der Waals surface area contributed by atoms with Crippen molar-refractivity contribution in [3.8, 4) is 17.0 Å². The molecule has 1 N–H and O–H groups in total. The van der Waals surface area contributed by atoms with E-state index in [2.05, 4.69) is 10.1 Å². The summed E-state index contributed by atoms with van der Waals surface area (Å²) in [5, 5.41) is 15.3. The van der Waals surface area contributed by atoms with Crippen molar-refractivity contribution >= 4 is 17.3 Å². The van der Waals surface area contributed by atoms with Crippen LogP contribution in [0, 0.1) is 0 Å². The third kappa shape index (κ3) is 4.60. The van der Waals surface area contributed by atoms with E-state index in [4.69, 9.17) is 9.84 Å². The molecule has 0 aliphatic carbocycles. The summed E-state index contributed by atoms with van der Waals surface area (Å²) in [5.74, 6) is -0.959. The lowest BCUT2D eigenvalue weighted by Gasteiger charge is -2.09. The topological polar surface area (TPSA) is 77.2 Å². The van der Waals surface area contributed by atoms with E-state index in [-0.39, 0.29) is 11.3 Å². The second kappa shape index (κ2) is 7.16. The van der Waals surface area contributed by atoms with Gasteiger partial charge in [-0.15, -0.1) is 11.3 Å². The molecule has 0 bridgehead atoms. The summed E-state index contributed by atoms with van der Waals surface area (Å²) in [7, 11) is 0. The number of carbonyl (C=O) groups is 1. The van der Waals surface area contributed by atoms with Crippen LogP contribution in [0.3, 0.4) is 0 Å². The second-order valence-corrected chi connectivity index (χ2v) is 6.23. The molecule has 10 heteroatoms. The van der Waals surface area contributed by atoms with Crippen LogP contribution < -0.4 is 4.74 Å². The molecule has 0 saturated heterocycles. The van der Waals surface area contributed by atoms with Crippen molar-refractivity contribution in [1.82, 2.24) is 14.8 Å². The fourth-order valence-corrected chi connectivity index (χ4v) is 2.92. The van der Waals surface area contributed by atoms with Gasteiger partial charge in [-0.25, -0.2) is 9.78 Å². The van der Waals surface area contributed by atoms with Gasteiger partial charge in [0.25, 0.3) is 0 Å². The molecule has 0 radical (unpaired) electrons. The predicted octanol–water partition coefficient (Wildman–Crippen LogP) is 3.69. The van der Waals surface area contributed by atoms with Crippen LogP contribution in [0.1, 0.15) is 15.4 Å². The average Bonchev–Trinajstić information content (AvgIpc) is 3.23. The van der Waals surface area contributed by atoms with Gasteiger partial charge in [-0.2, -0.15) is 18.3 Å². The van der Waals surface area contributed by atoms with E-state index in [0.29, 0.717) is 22.8 Å². The second-order valence-electron chi connectivity index (χ2n) is 5.29. The van der Waals surface area contributed by atoms with Gasteiger partial charge in [0, 0.05) is 17.1 Å². The monoisotopic (exact) mass is 383 g/mol. The Hall–Kier alpha value is -2.88. The zero-order chi connectivity index (χ0) is 18.7. The van der Waals surface area contributed by atoms with Gasteiger partial charge in [0.1, 0.15) is 10.8 Å². The maximum Gasteiger partial charge on any atom is 0.422 e. The highest BCUT2D eigenvalue weighted by Gasteiger charge is 2.28. The normalized spacial score (nSPS) is 11.5. The molecular weight excluding hydrogens is 371 g/mol. The van der Waals surface area contributed by atoms with Crippen molar-refractivity contribution in [2.24, 2.45) is 0 Å². The number of halogens is 3. The molecule has 0 amide bonds. The molecule has 0 aliphatic heterocycles. The van der Waals surface area contributed by atoms with Gasteiger partial charge >= 0.3 is 12.1 Å². The van der Waals surface area contributed by atoms with Crippen LogP contribution in [0.2, 0.25) is 0 Å². The van der Waals surface area contributed by atoms with E-state index >= 15 is 0 Å². The SMILES string of the molecule is O=C(O)c1cnn(Cc2nc(-c3cccc(OCC(F)(F)F)c3)cs2)c1. The summed E-state index contributed by atoms with van der Waals surface area (Å²) >= 11 is 1.34. The highest BCUT2D eigenvalue weighted by molar-refractivity contribution is 7.09. The third-order valence-electron chi connectivity index (χ3n) is 3.26. The van der Waals surface area contributed by atoms with Gasteiger partial charge < -0.3 is 9.84 Å². The van der Waals surface area contributed by atoms with Crippen molar-refractivity contribution in [2.45, 2.75) is 12.7 Å². The van der Waals surface area contributed by atoms with Gasteiger partial charge in [-0.1, -0.05) is 12.1 Å². The van der Waals surface area contributed by atoms with Gasteiger partial charge in [0.2, 0.25) is 0 Å². The molecular formula is C16H12F3N3O3S. The summed E-state index contributed by atoms with van der Waals surface area (Å²) in [4.78, 5) is 15.3. The minimum Gasteiger partial charge on any atom is -0.484 e. The molecule has 0 atom stereocenters. The Balaban J connectivity index is 1.71. The van der Waals surface area contributed by atoms with Crippen molar-refractivity contribution in [3.05, 3.63) is 52.6 Å². The molecule has 0 aliphatic rings. The molecule has 2 aromatic heterocycles. The molecule has 0 fully saturated rings. The van der Waals surface area contributed by atoms with Gasteiger partial charge in [0.15, 0.2) is 6.61 Å². The first-order chi connectivity index (χ1) is 12.3. The number of alkyl halides is 3. The number of aromatic carboxylic acids is 1. The molecule has 0 saturated carbocycles. The highest BCUT2D eigenvalue weighted by atomic mass is 32.1. The summed E-state index contributed by atoms with van der Waals surface area (Å²) in [6.45, 7) is -1.06. The molecule has 0 unspecified atom stereocenters. The molecule has 6 nitrogen and oxygen atoms in total. The van der Waals surface area contributed by atoms with Gasteiger partial charge in [0.05, 0.1) is 24.0 Å². The summed E-state index contributed by atoms with van der Waals surface area (Å²) in [5.41, 5.74) is 1.29. The van der Waals surface area contributed by atoms with E-state index in [0.717, 1.165) is 0 Å². The van der Waals surface area contributed by atoms with Gasteiger partial charge in [-0.3, -0.25) is 4.68 Å². The lowest BCUT2D eigenvalue weighted by molar-refractivity contribution is -0.153. The first kappa shape index (κ1) is 17.9. The zero-order valence-electron chi connectivity index (χ0n) is 13.1. The van der Waals surface area contributed by atoms with Crippen LogP contribution in [0.25, 0.3) is 11.3 Å². The van der Waals surface area contributed by atoms with Crippen LogP contribution in [0.4, 0.5) is 13.2 Å². The Morgan fingerprint density at radius 2 is 2.15 bits per heavy atom. The number of ether oxygens (including phenoxy) is 1. The van der Waals surface area contributed by atoms with Gasteiger partial charge in [-0.05, 0) is 12.1 Å². The van der Waals surface area contributed by atoms with E-state index in [1.54, 1.807) is 17.5 Å². The molecule has 2 heterocycles. The van der Waals surface area contributed by atoms with Crippen LogP contribution in [0.5, 0.6) is 5.75 Å². The zero-order valence-corrected chi connectivity index (χ0v) is 13.9. The summed E-state index contributed by atoms with van der Waals surface area (Å²) in [6, 6.07) is 6.24. The largest absolute Gasteiger partial charge is 0.484 e. The minimum absolute atomic E-state index is 0.0799. The Labute approximate surface area is 149 Å². The van der Waals surface area contributed by atoms with Crippen molar-refractivity contribution < 1.29 is 27.8 Å². The van der Waals surface area contributed by atoms with E-state index in [1.807, 2.05) is 0 Å². The lowest BCUT2D eigenvalue weighted by atomic mass is 10.2. The number of aromatic nitrogens is 3. The molecule has 136 valence electrons. The molecule has 0 spiro atoms. The first-order valence-corrected chi connectivity index (χ1v) is 8.18. The quantitative estimate of drug-likeness (QED) is 0.702. The molecule has 26 heavy (non-hydrogen) atoms. The maximum atomic E-state index is 12.2. The summed E-state index contributed by atoms with van der Waals surface area (Å²) < 4.78 is 42.9. The van der Waals surface area contributed by atoms with Crippen molar-refractivity contribution in [3.63, 3.8) is 0 Å². The number of thiazole rings is 1. The van der Waals surface area contributed by atoms with Crippen LogP contribution in [-0.4, -0.2) is 38.6 Å². The van der Waals surface area contributed by atoms with E-state index < -0.39 is 18.8 Å². The standard InChI is InChI=1S/C16H12F3N3O3S/c17-16(18,19)9-25-12-3-1-2-10(4-12)13-8-26-14(21-13)7-22-6-11(5-20-22)15(23)24/h1-6,8H,7,9H2,(H,23,24). The lowest BCUT2D eigenvalue weighted by Crippen LogP contribution is -2.19. The fraction of sp³-hybridized carbons (Fsp3) is 0.188. The first-order valence-electron chi connectivity index (χ1n) is 7.30. The molecule has 3 rings (SSSR count). The summed E-state index contributed by atoms with van der Waals surface area (Å²) in [6.07, 6.45) is -1.75. The Morgan fingerprint density at radius 1 is 1.35 bits per heavy atom. The Bertz CT molecular complexity index is 921. The number of hydrogen-bond acceptors (Lipinski definition) is 5. The molecule has 3 aromatic rings. The number of rotatable bonds is 6. The number of carboxylic acid groups (broad SMARTS) is 1. The minimum atomic E-state index is -4.40. The number of hydrogen-bond donors (Lipinski definition) is 1. The number of carboxylic acids is 1. The predicted molar refractivity (Wildman–Crippen MR) is 87.4 cm³/mol. The maximum absolute atomic E-state index is 12.2. The van der Waals surface area contributed by atoms with Crippen molar-refractivity contribution in [2.75, 3.05) is 6.61 Å². The molecule has 1 aromatic carbocycles.